The summed E-state index contributed by atoms with van der Waals surface area (Å²) >= 11 is 0. The van der Waals surface area contributed by atoms with E-state index in [1.165, 1.54) is 6.07 Å². The first-order valence-electron chi connectivity index (χ1n) is 3.14. The molecule has 4 nitrogen and oxygen atoms in total. The Hall–Kier alpha value is -1.65. The third-order valence-corrected chi connectivity index (χ3v) is 1.06. The summed E-state index contributed by atoms with van der Waals surface area (Å²) in [6.07, 6.45) is 1.12. The number of halogens is 1. The second kappa shape index (κ2) is 3.66. The van der Waals surface area contributed by atoms with Crippen molar-refractivity contribution in [3.8, 4) is 5.75 Å². The number of aliphatic carboxylic acids is 1. The van der Waals surface area contributed by atoms with Gasteiger partial charge in [0.05, 0.1) is 6.20 Å². The number of rotatable bonds is 3. The number of aromatic nitrogens is 1. The third-order valence-electron chi connectivity index (χ3n) is 1.06. The van der Waals surface area contributed by atoms with Crippen molar-refractivity contribution in [2.75, 3.05) is 6.61 Å². The molecule has 1 aromatic rings. The first-order valence-corrected chi connectivity index (χ1v) is 3.14. The molecule has 1 rings (SSSR count). The Morgan fingerprint density at radius 3 is 2.92 bits per heavy atom. The lowest BCUT2D eigenvalue weighted by Gasteiger charge is -2.00. The fourth-order valence-electron chi connectivity index (χ4n) is 0.593. The lowest BCUT2D eigenvalue weighted by molar-refractivity contribution is -0.139. The van der Waals surface area contributed by atoms with E-state index in [-0.39, 0.29) is 5.75 Å². The van der Waals surface area contributed by atoms with Crippen molar-refractivity contribution in [3.05, 3.63) is 24.3 Å². The summed E-state index contributed by atoms with van der Waals surface area (Å²) in [5, 5.41) is 8.21. The molecule has 0 aliphatic heterocycles. The average molecular weight is 171 g/mol. The van der Waals surface area contributed by atoms with Gasteiger partial charge < -0.3 is 9.84 Å². The van der Waals surface area contributed by atoms with Gasteiger partial charge in [0.25, 0.3) is 0 Å². The first kappa shape index (κ1) is 8.45. The topological polar surface area (TPSA) is 59.4 Å². The Morgan fingerprint density at radius 1 is 1.67 bits per heavy atom. The van der Waals surface area contributed by atoms with E-state index in [0.29, 0.717) is 0 Å². The Labute approximate surface area is 67.6 Å². The van der Waals surface area contributed by atoms with E-state index in [1.54, 1.807) is 0 Å². The average Bonchev–Trinajstić information content (AvgIpc) is 2.03. The number of pyridine rings is 1. The van der Waals surface area contributed by atoms with E-state index in [2.05, 4.69) is 4.98 Å². The molecule has 0 saturated heterocycles. The summed E-state index contributed by atoms with van der Waals surface area (Å²) in [5.41, 5.74) is 0. The van der Waals surface area contributed by atoms with Gasteiger partial charge in [0.15, 0.2) is 6.61 Å². The minimum Gasteiger partial charge on any atom is -0.480 e. The molecule has 0 saturated carbocycles. The first-order chi connectivity index (χ1) is 5.68. The quantitative estimate of drug-likeness (QED) is 0.679. The van der Waals surface area contributed by atoms with E-state index >= 15 is 0 Å². The number of nitrogens with zero attached hydrogens (tertiary/aromatic N) is 1. The molecule has 0 bridgehead atoms. The molecule has 64 valence electrons. The zero-order valence-corrected chi connectivity index (χ0v) is 6.03. The van der Waals surface area contributed by atoms with Gasteiger partial charge in [-0.25, -0.2) is 9.78 Å². The second-order valence-electron chi connectivity index (χ2n) is 2.00. The van der Waals surface area contributed by atoms with Crippen LogP contribution in [0.15, 0.2) is 18.3 Å². The van der Waals surface area contributed by atoms with Crippen LogP contribution in [0.4, 0.5) is 4.39 Å². The number of hydrogen-bond acceptors (Lipinski definition) is 3. The molecule has 0 spiro atoms. The summed E-state index contributed by atoms with van der Waals surface area (Å²) in [5.74, 6) is -1.48. The van der Waals surface area contributed by atoms with Crippen LogP contribution in [0.1, 0.15) is 0 Å². The summed E-state index contributed by atoms with van der Waals surface area (Å²) in [7, 11) is 0. The minimum absolute atomic E-state index is 0.235. The SMILES string of the molecule is O=C(O)COc1ccc(F)nc1. The molecule has 5 heteroatoms. The monoisotopic (exact) mass is 171 g/mol. The van der Waals surface area contributed by atoms with Gasteiger partial charge in [-0.15, -0.1) is 0 Å². The smallest absolute Gasteiger partial charge is 0.341 e. The van der Waals surface area contributed by atoms with Crippen LogP contribution in [0, 0.1) is 5.95 Å². The molecule has 12 heavy (non-hydrogen) atoms. The van der Waals surface area contributed by atoms with Crippen LogP contribution in [0.5, 0.6) is 5.75 Å². The molecule has 1 aromatic heterocycles. The molecular weight excluding hydrogens is 165 g/mol. The van der Waals surface area contributed by atoms with Crippen molar-refractivity contribution in [2.45, 2.75) is 0 Å². The highest BCUT2D eigenvalue weighted by molar-refractivity contribution is 5.68. The van der Waals surface area contributed by atoms with Gasteiger partial charge >= 0.3 is 5.97 Å². The molecular formula is C7H6FNO3. The number of carboxylic acid groups (broad SMARTS) is 1. The summed E-state index contributed by atoms with van der Waals surface area (Å²) in [4.78, 5) is 13.3. The maximum absolute atomic E-state index is 12.2. The maximum Gasteiger partial charge on any atom is 0.341 e. The minimum atomic E-state index is -1.08. The number of carbonyl (C=O) groups is 1. The van der Waals surface area contributed by atoms with Crippen molar-refractivity contribution >= 4 is 5.97 Å². The zero-order chi connectivity index (χ0) is 8.97. The fraction of sp³-hybridized carbons (Fsp3) is 0.143. The molecule has 0 amide bonds. The van der Waals surface area contributed by atoms with Gasteiger partial charge in [-0.2, -0.15) is 4.39 Å². The molecule has 0 fully saturated rings. The van der Waals surface area contributed by atoms with Crippen LogP contribution in [0.25, 0.3) is 0 Å². The molecule has 0 aromatic carbocycles. The van der Waals surface area contributed by atoms with Gasteiger partial charge in [0.2, 0.25) is 5.95 Å². The predicted molar refractivity (Wildman–Crippen MR) is 37.3 cm³/mol. The summed E-state index contributed by atoms with van der Waals surface area (Å²) < 4.78 is 16.9. The zero-order valence-electron chi connectivity index (χ0n) is 6.03. The highest BCUT2D eigenvalue weighted by atomic mass is 19.1. The largest absolute Gasteiger partial charge is 0.480 e. The summed E-state index contributed by atoms with van der Waals surface area (Å²) in [6, 6.07) is 2.41. The van der Waals surface area contributed by atoms with Crippen LogP contribution in [0.2, 0.25) is 0 Å². The fourth-order valence-corrected chi connectivity index (χ4v) is 0.593. The van der Waals surface area contributed by atoms with Crippen molar-refractivity contribution in [1.29, 1.82) is 0 Å². The van der Waals surface area contributed by atoms with Crippen LogP contribution in [-0.4, -0.2) is 22.7 Å². The standard InChI is InChI=1S/C7H6FNO3/c8-6-2-1-5(3-9-6)12-4-7(10)11/h1-3H,4H2,(H,10,11). The highest BCUT2D eigenvalue weighted by Crippen LogP contribution is 2.07. The maximum atomic E-state index is 12.2. The lowest BCUT2D eigenvalue weighted by Crippen LogP contribution is -2.09. The van der Waals surface area contributed by atoms with Crippen molar-refractivity contribution in [1.82, 2.24) is 4.98 Å². The Balaban J connectivity index is 2.53. The van der Waals surface area contributed by atoms with E-state index in [9.17, 15) is 9.18 Å². The van der Waals surface area contributed by atoms with Crippen molar-refractivity contribution in [3.63, 3.8) is 0 Å². The van der Waals surface area contributed by atoms with E-state index in [1.807, 2.05) is 0 Å². The highest BCUT2D eigenvalue weighted by Gasteiger charge is 1.99. The van der Waals surface area contributed by atoms with E-state index < -0.39 is 18.5 Å². The van der Waals surface area contributed by atoms with Crippen LogP contribution in [0.3, 0.4) is 0 Å². The Kier molecular flexibility index (Phi) is 2.57. The predicted octanol–water partition coefficient (Wildman–Crippen LogP) is 0.684. The van der Waals surface area contributed by atoms with Crippen LogP contribution < -0.4 is 4.74 Å². The lowest BCUT2D eigenvalue weighted by atomic mass is 10.4. The summed E-state index contributed by atoms with van der Waals surface area (Å²) in [6.45, 7) is -0.451. The molecule has 1 N–H and O–H groups in total. The van der Waals surface area contributed by atoms with Gasteiger partial charge in [0, 0.05) is 0 Å². The molecule has 0 atom stereocenters. The Bertz CT molecular complexity index is 272. The number of ether oxygens (including phenoxy) is 1. The van der Waals surface area contributed by atoms with Gasteiger partial charge in [0.1, 0.15) is 5.75 Å². The number of hydrogen-bond donors (Lipinski definition) is 1. The van der Waals surface area contributed by atoms with E-state index in [4.69, 9.17) is 9.84 Å². The molecule has 0 aliphatic rings. The number of carboxylic acids is 1. The van der Waals surface area contributed by atoms with E-state index in [0.717, 1.165) is 12.3 Å². The molecule has 1 heterocycles. The van der Waals surface area contributed by atoms with Gasteiger partial charge in [-0.1, -0.05) is 0 Å². The molecule has 0 aliphatic carbocycles. The normalized spacial score (nSPS) is 9.42. The second-order valence-corrected chi connectivity index (χ2v) is 2.00. The van der Waals surface area contributed by atoms with Gasteiger partial charge in [-0.3, -0.25) is 0 Å². The Morgan fingerprint density at radius 2 is 2.42 bits per heavy atom. The van der Waals surface area contributed by atoms with Gasteiger partial charge in [-0.05, 0) is 12.1 Å². The van der Waals surface area contributed by atoms with Crippen LogP contribution in [-0.2, 0) is 4.79 Å². The van der Waals surface area contributed by atoms with Crippen molar-refractivity contribution < 1.29 is 19.0 Å². The van der Waals surface area contributed by atoms with Crippen LogP contribution >= 0.6 is 0 Å². The molecule has 0 radical (unpaired) electrons. The molecule has 0 unspecified atom stereocenters. The van der Waals surface area contributed by atoms with Crippen molar-refractivity contribution in [2.24, 2.45) is 0 Å². The third kappa shape index (κ3) is 2.53.